The van der Waals surface area contributed by atoms with Gasteiger partial charge in [0, 0.05) is 43.5 Å². The largest absolute Gasteiger partial charge is 0.478 e. The summed E-state index contributed by atoms with van der Waals surface area (Å²) in [6.07, 6.45) is 8.10. The first-order valence-corrected chi connectivity index (χ1v) is 10.5. The van der Waals surface area contributed by atoms with Crippen molar-refractivity contribution >= 4 is 11.8 Å². The normalized spacial score (nSPS) is 19.6. The van der Waals surface area contributed by atoms with Crippen LogP contribution < -0.4 is 0 Å². The van der Waals surface area contributed by atoms with Crippen LogP contribution in [0.1, 0.15) is 35.7 Å². The fourth-order valence-electron chi connectivity index (χ4n) is 3.76. The van der Waals surface area contributed by atoms with E-state index in [1.54, 1.807) is 25.5 Å². The number of nitrogens with zero attached hydrogens (tertiary/aromatic N) is 4. The molecule has 0 aliphatic carbocycles. The fourth-order valence-corrected chi connectivity index (χ4v) is 3.76. The van der Waals surface area contributed by atoms with Crippen molar-refractivity contribution in [2.24, 2.45) is 10.9 Å². The number of carbonyl (C=O) groups is 1. The van der Waals surface area contributed by atoms with Crippen LogP contribution in [0.2, 0.25) is 0 Å². The number of aromatic nitrogens is 2. The number of hydrogen-bond donors (Lipinski definition) is 0. The smallest absolute Gasteiger partial charge is 0.254 e. The third-order valence-corrected chi connectivity index (χ3v) is 5.49. The minimum Gasteiger partial charge on any atom is -0.478 e. The van der Waals surface area contributed by atoms with E-state index < -0.39 is 6.67 Å². The molecule has 0 unspecified atom stereocenters. The maximum Gasteiger partial charge on any atom is 0.254 e. The van der Waals surface area contributed by atoms with E-state index in [1.165, 1.54) is 12.2 Å². The van der Waals surface area contributed by atoms with Gasteiger partial charge in [-0.05, 0) is 51.0 Å². The van der Waals surface area contributed by atoms with Crippen LogP contribution in [0.25, 0.3) is 11.4 Å². The van der Waals surface area contributed by atoms with Crippen LogP contribution >= 0.6 is 0 Å². The Bertz CT molecular complexity index is 946. The molecule has 1 saturated heterocycles. The fraction of sp³-hybridized carbons (Fsp3) is 0.417. The molecule has 1 amide bonds. The molecule has 7 heteroatoms. The quantitative estimate of drug-likeness (QED) is 0.513. The van der Waals surface area contributed by atoms with E-state index in [2.05, 4.69) is 21.9 Å². The third-order valence-electron chi connectivity index (χ3n) is 5.49. The lowest BCUT2D eigenvalue weighted by Gasteiger charge is -2.38. The highest BCUT2D eigenvalue weighted by Crippen LogP contribution is 2.28. The number of carbonyl (C=O) groups excluding carboxylic acids is 1. The molecule has 1 aliphatic rings. The van der Waals surface area contributed by atoms with E-state index in [1.807, 2.05) is 30.0 Å². The van der Waals surface area contributed by atoms with Crippen molar-refractivity contribution in [3.63, 3.8) is 0 Å². The van der Waals surface area contributed by atoms with Crippen LogP contribution in [0.5, 0.6) is 0 Å². The molecule has 0 radical (unpaired) electrons. The molecule has 1 aliphatic heterocycles. The predicted octanol–water partition coefficient (Wildman–Crippen LogP) is 4.26. The highest BCUT2D eigenvalue weighted by Gasteiger charge is 2.31. The van der Waals surface area contributed by atoms with E-state index in [-0.39, 0.29) is 17.9 Å². The summed E-state index contributed by atoms with van der Waals surface area (Å²) in [5, 5.41) is 0. The van der Waals surface area contributed by atoms with Gasteiger partial charge in [-0.15, -0.1) is 0 Å². The number of halogens is 1. The van der Waals surface area contributed by atoms with E-state index in [4.69, 9.17) is 4.74 Å². The molecule has 0 spiro atoms. The van der Waals surface area contributed by atoms with E-state index in [9.17, 15) is 9.18 Å². The van der Waals surface area contributed by atoms with Crippen LogP contribution in [0.15, 0.2) is 53.8 Å². The zero-order chi connectivity index (χ0) is 22.2. The second kappa shape index (κ2) is 10.8. The number of rotatable bonds is 6. The van der Waals surface area contributed by atoms with Crippen LogP contribution in [0.3, 0.4) is 0 Å². The summed E-state index contributed by atoms with van der Waals surface area (Å²) in [5.74, 6) is 1.09. The number of hydrogen-bond acceptors (Lipinski definition) is 5. The molecule has 2 atom stereocenters. The number of likely N-dealkylation sites (tertiary alicyclic amines) is 1. The van der Waals surface area contributed by atoms with Gasteiger partial charge in [0.15, 0.2) is 5.82 Å². The second-order valence-corrected chi connectivity index (χ2v) is 7.80. The average molecular weight is 425 g/mol. The van der Waals surface area contributed by atoms with Crippen molar-refractivity contribution in [1.29, 1.82) is 0 Å². The Hall–Kier alpha value is -3.09. The number of allylic oxidation sites excluding steroid dienone is 1. The van der Waals surface area contributed by atoms with Gasteiger partial charge in [0.05, 0.1) is 12.2 Å². The van der Waals surface area contributed by atoms with Crippen molar-refractivity contribution in [2.45, 2.75) is 32.7 Å². The number of aryl methyl sites for hydroxylation is 1. The molecule has 0 N–H and O–H groups in total. The molecule has 1 aromatic heterocycles. The summed E-state index contributed by atoms with van der Waals surface area (Å²) >= 11 is 0. The number of ether oxygens (including phenoxy) is 1. The molecular formula is C24H29FN4O2. The summed E-state index contributed by atoms with van der Waals surface area (Å²) in [7, 11) is 1.61. The number of amides is 1. The van der Waals surface area contributed by atoms with Crippen LogP contribution in [-0.2, 0) is 4.74 Å². The molecule has 2 heterocycles. The number of aliphatic imine (C=N–C) groups is 1. The van der Waals surface area contributed by atoms with E-state index in [0.717, 1.165) is 24.0 Å². The number of piperidine rings is 1. The molecule has 164 valence electrons. The molecule has 31 heavy (non-hydrogen) atoms. The number of alkyl halides is 1. The Labute approximate surface area is 182 Å². The van der Waals surface area contributed by atoms with Gasteiger partial charge in [0.25, 0.3) is 5.91 Å². The lowest BCUT2D eigenvalue weighted by Crippen LogP contribution is -2.46. The Balaban J connectivity index is 1.78. The highest BCUT2D eigenvalue weighted by molar-refractivity contribution is 6.00. The lowest BCUT2D eigenvalue weighted by molar-refractivity contribution is 0.0499. The summed E-state index contributed by atoms with van der Waals surface area (Å²) in [6.45, 7) is 4.51. The Morgan fingerprint density at radius 1 is 1.32 bits per heavy atom. The average Bonchev–Trinajstić information content (AvgIpc) is 2.80. The monoisotopic (exact) mass is 424 g/mol. The van der Waals surface area contributed by atoms with Crippen molar-refractivity contribution in [3.05, 3.63) is 59.9 Å². The van der Waals surface area contributed by atoms with Crippen molar-refractivity contribution < 1.29 is 13.9 Å². The molecule has 1 aromatic carbocycles. The SMILES string of the molecule is CN=C(/C=C\CF)OC[C@@H]1CC[C@@H](C)N(C(=O)c2cc(C)ccc2-c2ncccn2)C1. The van der Waals surface area contributed by atoms with Gasteiger partial charge in [-0.25, -0.2) is 14.4 Å². The molecule has 0 saturated carbocycles. The minimum atomic E-state index is -0.560. The zero-order valence-corrected chi connectivity index (χ0v) is 18.3. The summed E-state index contributed by atoms with van der Waals surface area (Å²) in [6, 6.07) is 7.67. The minimum absolute atomic E-state index is 0.0231. The van der Waals surface area contributed by atoms with E-state index in [0.29, 0.717) is 30.4 Å². The molecule has 6 nitrogen and oxygen atoms in total. The van der Waals surface area contributed by atoms with Crippen molar-refractivity contribution in [3.8, 4) is 11.4 Å². The maximum absolute atomic E-state index is 13.6. The Morgan fingerprint density at radius 3 is 2.81 bits per heavy atom. The van der Waals surface area contributed by atoms with Crippen LogP contribution in [0, 0.1) is 12.8 Å². The van der Waals surface area contributed by atoms with E-state index >= 15 is 0 Å². The van der Waals surface area contributed by atoms with Crippen LogP contribution in [0.4, 0.5) is 4.39 Å². The van der Waals surface area contributed by atoms with Gasteiger partial charge in [-0.3, -0.25) is 9.79 Å². The van der Waals surface area contributed by atoms with Crippen LogP contribution in [-0.4, -0.2) is 59.6 Å². The molecule has 0 bridgehead atoms. The van der Waals surface area contributed by atoms with Gasteiger partial charge in [0.1, 0.15) is 6.67 Å². The first-order valence-electron chi connectivity index (χ1n) is 10.5. The molecule has 2 aromatic rings. The first kappa shape index (κ1) is 22.6. The Kier molecular flexibility index (Phi) is 7.87. The van der Waals surface area contributed by atoms with Gasteiger partial charge in [0.2, 0.25) is 5.90 Å². The third kappa shape index (κ3) is 5.75. The van der Waals surface area contributed by atoms with Crippen molar-refractivity contribution in [1.82, 2.24) is 14.9 Å². The topological polar surface area (TPSA) is 67.7 Å². The Morgan fingerprint density at radius 2 is 2.10 bits per heavy atom. The predicted molar refractivity (Wildman–Crippen MR) is 120 cm³/mol. The van der Waals surface area contributed by atoms with Gasteiger partial charge < -0.3 is 9.64 Å². The summed E-state index contributed by atoms with van der Waals surface area (Å²) in [5.41, 5.74) is 2.36. The highest BCUT2D eigenvalue weighted by atomic mass is 19.1. The zero-order valence-electron chi connectivity index (χ0n) is 18.3. The molecular weight excluding hydrogens is 395 g/mol. The second-order valence-electron chi connectivity index (χ2n) is 7.80. The van der Waals surface area contributed by atoms with Gasteiger partial charge in [-0.2, -0.15) is 0 Å². The lowest BCUT2D eigenvalue weighted by atomic mass is 9.92. The molecule has 3 rings (SSSR count). The van der Waals surface area contributed by atoms with Gasteiger partial charge in [-0.1, -0.05) is 17.7 Å². The maximum atomic E-state index is 13.6. The first-order chi connectivity index (χ1) is 15.0. The summed E-state index contributed by atoms with van der Waals surface area (Å²) in [4.78, 5) is 28.2. The molecule has 1 fully saturated rings. The standard InChI is InChI=1S/C24H29FN4O2/c1-17-7-10-20(23-27-12-5-13-28-23)21(14-17)24(30)29-15-19(9-8-18(29)2)16-31-22(26-3)6-4-11-25/h4-7,10,12-14,18-19H,8-9,11,15-16H2,1-3H3/b6-4-,26-22?/t18-,19-/m1/s1. The number of benzene rings is 1. The van der Waals surface area contributed by atoms with Crippen molar-refractivity contribution in [2.75, 3.05) is 26.9 Å². The van der Waals surface area contributed by atoms with Gasteiger partial charge >= 0.3 is 0 Å². The summed E-state index contributed by atoms with van der Waals surface area (Å²) < 4.78 is 18.1.